The first-order valence-corrected chi connectivity index (χ1v) is 18.4. The molecule has 55 heavy (non-hydrogen) atoms. The van der Waals surface area contributed by atoms with E-state index in [1.807, 2.05) is 72.8 Å². The summed E-state index contributed by atoms with van der Waals surface area (Å²) in [6.45, 7) is 0. The second-order valence-corrected chi connectivity index (χ2v) is 14.2. The Kier molecular flexibility index (Phi) is 6.11. The molecule has 3 heterocycles. The van der Waals surface area contributed by atoms with Crippen LogP contribution >= 0.6 is 0 Å². The van der Waals surface area contributed by atoms with Gasteiger partial charge < -0.3 is 14.0 Å². The van der Waals surface area contributed by atoms with Gasteiger partial charge in [-0.2, -0.15) is 0 Å². The van der Waals surface area contributed by atoms with Crippen molar-refractivity contribution >= 4 is 71.4 Å². The molecule has 6 nitrogen and oxygen atoms in total. The lowest BCUT2D eigenvalue weighted by Crippen LogP contribution is -2.17. The molecule has 8 aromatic carbocycles. The molecule has 256 valence electrons. The standard InChI is InChI=1S/C49H29N5O/c50-48(53-49-47(51-37-18-5-6-19-38(37)52-49)29-24-26-43-36(27-29)32-14-4-8-22-42(32)55-43)35-15-3-7-20-39(35)54-40-21-10-17-34-31-13-2-1-12-30(31)33-16-9-11-28-23-25-41(54)46(44(28)33)45(34)40/h1-27H,(H2,50,52,53). The third-order valence-electron chi connectivity index (χ3n) is 11.2. The van der Waals surface area contributed by atoms with Gasteiger partial charge in [-0.25, -0.2) is 9.98 Å². The predicted molar refractivity (Wildman–Crippen MR) is 224 cm³/mol. The van der Waals surface area contributed by atoms with Crippen LogP contribution in [0.5, 0.6) is 0 Å². The highest BCUT2D eigenvalue weighted by atomic mass is 16.3. The second kappa shape index (κ2) is 11.2. The lowest BCUT2D eigenvalue weighted by Gasteiger charge is -2.15. The predicted octanol–water partition coefficient (Wildman–Crippen LogP) is 12.0. The quantitative estimate of drug-likeness (QED) is 0.142. The van der Waals surface area contributed by atoms with Crippen molar-refractivity contribution in [1.82, 2.24) is 14.5 Å². The van der Waals surface area contributed by atoms with Gasteiger partial charge in [-0.05, 0) is 93.7 Å². The maximum absolute atomic E-state index is 9.68. The Labute approximate surface area is 313 Å². The molecule has 3 aromatic heterocycles. The minimum atomic E-state index is 0.130. The normalized spacial score (nSPS) is 12.5. The van der Waals surface area contributed by atoms with Gasteiger partial charge in [0.05, 0.1) is 27.8 Å². The zero-order valence-electron chi connectivity index (χ0n) is 29.3. The third kappa shape index (κ3) is 4.27. The van der Waals surface area contributed by atoms with Crippen LogP contribution in [0, 0.1) is 5.41 Å². The van der Waals surface area contributed by atoms with Gasteiger partial charge >= 0.3 is 0 Å². The highest BCUT2D eigenvalue weighted by Gasteiger charge is 2.25. The zero-order valence-corrected chi connectivity index (χ0v) is 29.3. The molecule has 12 rings (SSSR count). The Balaban J connectivity index is 1.10. The van der Waals surface area contributed by atoms with E-state index in [-0.39, 0.29) is 5.84 Å². The van der Waals surface area contributed by atoms with E-state index in [4.69, 9.17) is 14.4 Å². The molecule has 0 unspecified atom stereocenters. The van der Waals surface area contributed by atoms with E-state index in [2.05, 4.69) is 101 Å². The maximum atomic E-state index is 9.68. The fourth-order valence-electron chi connectivity index (χ4n) is 8.82. The average molecular weight is 704 g/mol. The fraction of sp³-hybridized carbons (Fsp3) is 0. The summed E-state index contributed by atoms with van der Waals surface area (Å²) in [5.41, 5.74) is 14.1. The van der Waals surface area contributed by atoms with Crippen LogP contribution in [0.3, 0.4) is 0 Å². The van der Waals surface area contributed by atoms with Crippen LogP contribution in [0.2, 0.25) is 0 Å². The molecule has 0 spiro atoms. The first kappa shape index (κ1) is 29.9. The van der Waals surface area contributed by atoms with Crippen LogP contribution < -0.4 is 5.49 Å². The molecule has 0 atom stereocenters. The molecule has 0 saturated heterocycles. The van der Waals surface area contributed by atoms with Gasteiger partial charge in [0.25, 0.3) is 0 Å². The number of benzene rings is 8. The molecule has 2 N–H and O–H groups in total. The molecular weight excluding hydrogens is 675 g/mol. The van der Waals surface area contributed by atoms with E-state index in [9.17, 15) is 5.41 Å². The summed E-state index contributed by atoms with van der Waals surface area (Å²) in [5.74, 6) is 0.130. The third-order valence-corrected chi connectivity index (χ3v) is 11.2. The summed E-state index contributed by atoms with van der Waals surface area (Å²) in [7, 11) is 0. The van der Waals surface area contributed by atoms with Crippen LogP contribution in [-0.2, 0) is 0 Å². The van der Waals surface area contributed by atoms with Crippen LogP contribution in [0.15, 0.2) is 173 Å². The van der Waals surface area contributed by atoms with Gasteiger partial charge in [-0.15, -0.1) is 0 Å². The van der Waals surface area contributed by atoms with Crippen molar-refractivity contribution in [3.63, 3.8) is 0 Å². The minimum absolute atomic E-state index is 0.130. The molecule has 11 aromatic rings. The zero-order chi connectivity index (χ0) is 36.2. The van der Waals surface area contributed by atoms with Gasteiger partial charge in [0.2, 0.25) is 0 Å². The van der Waals surface area contributed by atoms with Gasteiger partial charge in [0.15, 0.2) is 11.3 Å². The van der Waals surface area contributed by atoms with E-state index in [0.717, 1.165) is 55.3 Å². The SMILES string of the molecule is N=C(N=c1[nH]c2ccccc2nc1-c1ccc2oc3ccccc3c2c1)c1ccccc1-n1c2cccc3c2c2c4c(cccc4ccc21)-c1ccccc1-3. The number of hydrogen-bond acceptors (Lipinski definition) is 3. The topological polar surface area (TPSA) is 83.0 Å². The van der Waals surface area contributed by atoms with E-state index < -0.39 is 0 Å². The summed E-state index contributed by atoms with van der Waals surface area (Å²) in [6, 6.07) is 56.6. The first-order chi connectivity index (χ1) is 27.2. The van der Waals surface area contributed by atoms with Crippen LogP contribution in [0.4, 0.5) is 0 Å². The molecule has 0 saturated carbocycles. The Morgan fingerprint density at radius 1 is 0.582 bits per heavy atom. The summed E-state index contributed by atoms with van der Waals surface area (Å²) in [5, 5.41) is 16.6. The molecule has 0 radical (unpaired) electrons. The molecule has 0 aliphatic heterocycles. The van der Waals surface area contributed by atoms with E-state index in [1.54, 1.807) is 0 Å². The number of para-hydroxylation sites is 4. The lowest BCUT2D eigenvalue weighted by atomic mass is 9.93. The van der Waals surface area contributed by atoms with E-state index in [0.29, 0.717) is 16.7 Å². The Morgan fingerprint density at radius 3 is 2.20 bits per heavy atom. The number of aromatic amines is 1. The van der Waals surface area contributed by atoms with Crippen molar-refractivity contribution in [1.29, 1.82) is 5.41 Å². The van der Waals surface area contributed by atoms with Gasteiger partial charge in [0.1, 0.15) is 16.9 Å². The van der Waals surface area contributed by atoms with Crippen LogP contribution in [0.1, 0.15) is 5.56 Å². The molecule has 0 fully saturated rings. The lowest BCUT2D eigenvalue weighted by molar-refractivity contribution is 0.669. The fourth-order valence-corrected chi connectivity index (χ4v) is 8.82. The molecule has 1 aliphatic carbocycles. The van der Waals surface area contributed by atoms with E-state index in [1.165, 1.54) is 43.8 Å². The van der Waals surface area contributed by atoms with Crippen LogP contribution in [-0.4, -0.2) is 20.4 Å². The first-order valence-electron chi connectivity index (χ1n) is 18.4. The highest BCUT2D eigenvalue weighted by Crippen LogP contribution is 2.49. The molecule has 0 amide bonds. The Hall–Kier alpha value is -7.57. The Morgan fingerprint density at radius 2 is 1.29 bits per heavy atom. The number of H-pyrrole nitrogens is 1. The van der Waals surface area contributed by atoms with Crippen molar-refractivity contribution < 1.29 is 4.42 Å². The monoisotopic (exact) mass is 703 g/mol. The summed E-state index contributed by atoms with van der Waals surface area (Å²) >= 11 is 0. The second-order valence-electron chi connectivity index (χ2n) is 14.2. The smallest absolute Gasteiger partial charge is 0.159 e. The number of nitrogens with zero attached hydrogens (tertiary/aromatic N) is 3. The number of furan rings is 1. The van der Waals surface area contributed by atoms with Crippen molar-refractivity contribution in [3.8, 4) is 39.2 Å². The van der Waals surface area contributed by atoms with Crippen molar-refractivity contribution in [3.05, 3.63) is 175 Å². The summed E-state index contributed by atoms with van der Waals surface area (Å²) in [6.07, 6.45) is 0. The van der Waals surface area contributed by atoms with Crippen molar-refractivity contribution in [2.75, 3.05) is 0 Å². The number of nitrogens with one attached hydrogen (secondary N) is 2. The highest BCUT2D eigenvalue weighted by molar-refractivity contribution is 6.30. The van der Waals surface area contributed by atoms with Crippen LogP contribution in [0.25, 0.3) is 105 Å². The largest absolute Gasteiger partial charge is 0.456 e. The molecule has 1 aliphatic rings. The van der Waals surface area contributed by atoms with E-state index >= 15 is 0 Å². The number of amidine groups is 1. The number of rotatable bonds is 3. The summed E-state index contributed by atoms with van der Waals surface area (Å²) < 4.78 is 8.46. The Bertz CT molecular complexity index is 3530. The maximum Gasteiger partial charge on any atom is 0.159 e. The van der Waals surface area contributed by atoms with Gasteiger partial charge in [-0.1, -0.05) is 103 Å². The molecule has 6 heteroatoms. The average Bonchev–Trinajstić information content (AvgIpc) is 3.75. The number of hydrogen-bond donors (Lipinski definition) is 2. The summed E-state index contributed by atoms with van der Waals surface area (Å²) in [4.78, 5) is 13.7. The van der Waals surface area contributed by atoms with Gasteiger partial charge in [0, 0.05) is 32.7 Å². The number of fused-ring (bicyclic) bond motifs is 7. The number of aromatic nitrogens is 3. The van der Waals surface area contributed by atoms with Crippen molar-refractivity contribution in [2.24, 2.45) is 4.99 Å². The van der Waals surface area contributed by atoms with Crippen molar-refractivity contribution in [2.45, 2.75) is 0 Å². The molecular formula is C49H29N5O. The molecule has 0 bridgehead atoms. The minimum Gasteiger partial charge on any atom is -0.456 e. The van der Waals surface area contributed by atoms with Gasteiger partial charge in [-0.3, -0.25) is 5.41 Å².